The average Bonchev–Trinajstić information content (AvgIpc) is 3.58. The van der Waals surface area contributed by atoms with E-state index in [1.54, 1.807) is 18.2 Å². The minimum absolute atomic E-state index is 0.137. The largest absolute Gasteiger partial charge is 0.493 e. The number of halogens is 3. The molecule has 2 aromatic carbocycles. The van der Waals surface area contributed by atoms with Crippen LogP contribution < -0.4 is 26.0 Å². The zero-order chi connectivity index (χ0) is 33.2. The molecule has 0 bridgehead atoms. The summed E-state index contributed by atoms with van der Waals surface area (Å²) in [4.78, 5) is 13.5. The van der Waals surface area contributed by atoms with Crippen LogP contribution in [0.2, 0.25) is 0 Å². The molecule has 1 unspecified atom stereocenters. The number of rotatable bonds is 6. The third-order valence-corrected chi connectivity index (χ3v) is 11.0. The van der Waals surface area contributed by atoms with E-state index >= 15 is 0 Å². The lowest BCUT2D eigenvalue weighted by atomic mass is 9.64. The number of alkyl halides is 3. The van der Waals surface area contributed by atoms with Gasteiger partial charge in [0.2, 0.25) is 11.8 Å². The van der Waals surface area contributed by atoms with E-state index in [-0.39, 0.29) is 17.2 Å². The molecule has 3 aliphatic heterocycles. The Labute approximate surface area is 279 Å². The highest BCUT2D eigenvalue weighted by Crippen LogP contribution is 2.49. The second-order valence-electron chi connectivity index (χ2n) is 14.0. The van der Waals surface area contributed by atoms with Crippen molar-refractivity contribution >= 4 is 11.6 Å². The standard InChI is InChI=1S/C36H45F3N6O3/c37-36(38,39)25-9-10-30-27(22-25)29(12-20-47-30)42-31(46)24-7-6-8-26(21-24)43-35(15-18-40-19-16-35)33-45-44-32(48-33)28-11-17-41-23-34(28)13-4-2-1-3-5-14-34/h6-10,21-22,28-29,40-41,43H,1-5,11-20,23H2,(H,42,46)/t28?,29-/m0/s1. The van der Waals surface area contributed by atoms with E-state index in [4.69, 9.17) is 14.3 Å². The lowest BCUT2D eigenvalue weighted by Crippen LogP contribution is -2.46. The molecule has 1 aromatic heterocycles. The van der Waals surface area contributed by atoms with Crippen molar-refractivity contribution in [2.45, 2.75) is 94.3 Å². The number of piperidine rings is 2. The maximum absolute atomic E-state index is 13.5. The highest BCUT2D eigenvalue weighted by molar-refractivity contribution is 5.95. The van der Waals surface area contributed by atoms with Crippen LogP contribution in [0, 0.1) is 5.41 Å². The van der Waals surface area contributed by atoms with Gasteiger partial charge < -0.3 is 30.4 Å². The van der Waals surface area contributed by atoms with Crippen molar-refractivity contribution in [3.05, 3.63) is 70.9 Å². The van der Waals surface area contributed by atoms with E-state index in [2.05, 4.69) is 26.4 Å². The summed E-state index contributed by atoms with van der Waals surface area (Å²) in [6, 6.07) is 9.99. The topological polar surface area (TPSA) is 113 Å². The monoisotopic (exact) mass is 666 g/mol. The number of fused-ring (bicyclic) bond motifs is 1. The van der Waals surface area contributed by atoms with Crippen LogP contribution in [-0.2, 0) is 11.7 Å². The van der Waals surface area contributed by atoms with Crippen LogP contribution in [0.15, 0.2) is 46.9 Å². The van der Waals surface area contributed by atoms with Crippen LogP contribution in [0.5, 0.6) is 5.75 Å². The van der Waals surface area contributed by atoms with E-state index in [0.29, 0.717) is 35.8 Å². The SMILES string of the molecule is O=C(N[C@H]1CCOc2ccc(C(F)(F)F)cc21)c1cccc(NC2(c3nnc(C4CCNCC45CCCCCCC5)o3)CCNCC2)c1. The Kier molecular flexibility index (Phi) is 9.39. The molecule has 1 aliphatic carbocycles. The molecule has 258 valence electrons. The van der Waals surface area contributed by atoms with Crippen LogP contribution in [0.25, 0.3) is 0 Å². The number of hydrogen-bond acceptors (Lipinski definition) is 8. The van der Waals surface area contributed by atoms with Gasteiger partial charge in [-0.1, -0.05) is 38.2 Å². The number of carbonyl (C=O) groups is 1. The van der Waals surface area contributed by atoms with E-state index < -0.39 is 23.3 Å². The second kappa shape index (κ2) is 13.7. The predicted molar refractivity (Wildman–Crippen MR) is 175 cm³/mol. The molecule has 2 atom stereocenters. The molecular formula is C36H45F3N6O3. The molecule has 4 aliphatic rings. The number of nitrogens with one attached hydrogen (secondary N) is 4. The molecule has 3 fully saturated rings. The zero-order valence-electron chi connectivity index (χ0n) is 27.3. The summed E-state index contributed by atoms with van der Waals surface area (Å²) < 4.78 is 52.6. The van der Waals surface area contributed by atoms with Gasteiger partial charge >= 0.3 is 6.18 Å². The quantitative estimate of drug-likeness (QED) is 0.226. The van der Waals surface area contributed by atoms with Gasteiger partial charge in [0.15, 0.2) is 0 Å². The normalized spacial score (nSPS) is 24.1. The van der Waals surface area contributed by atoms with Gasteiger partial charge in [-0.25, -0.2) is 0 Å². The van der Waals surface area contributed by atoms with Crippen molar-refractivity contribution in [1.29, 1.82) is 0 Å². The Morgan fingerprint density at radius 3 is 2.48 bits per heavy atom. The summed E-state index contributed by atoms with van der Waals surface area (Å²) in [6.07, 6.45) is 7.00. The van der Waals surface area contributed by atoms with Crippen LogP contribution >= 0.6 is 0 Å². The molecule has 1 saturated carbocycles. The van der Waals surface area contributed by atoms with Crippen LogP contribution in [0.3, 0.4) is 0 Å². The lowest BCUT2D eigenvalue weighted by Gasteiger charge is -2.44. The molecule has 48 heavy (non-hydrogen) atoms. The third-order valence-electron chi connectivity index (χ3n) is 11.0. The van der Waals surface area contributed by atoms with E-state index in [1.807, 2.05) is 6.07 Å². The first-order chi connectivity index (χ1) is 23.2. The summed E-state index contributed by atoms with van der Waals surface area (Å²) in [7, 11) is 0. The summed E-state index contributed by atoms with van der Waals surface area (Å²) in [5, 5.41) is 23.1. The fourth-order valence-electron chi connectivity index (χ4n) is 8.32. The van der Waals surface area contributed by atoms with Crippen molar-refractivity contribution < 1.29 is 27.1 Å². The molecule has 2 saturated heterocycles. The summed E-state index contributed by atoms with van der Waals surface area (Å²) >= 11 is 0. The number of carbonyl (C=O) groups excluding carboxylic acids is 1. The van der Waals surface area contributed by atoms with Gasteiger partial charge in [-0.2, -0.15) is 13.2 Å². The summed E-state index contributed by atoms with van der Waals surface area (Å²) in [6.45, 7) is 3.76. The van der Waals surface area contributed by atoms with Gasteiger partial charge in [-0.05, 0) is 93.6 Å². The van der Waals surface area contributed by atoms with Crippen LogP contribution in [0.4, 0.5) is 18.9 Å². The molecule has 1 amide bonds. The number of amides is 1. The Morgan fingerprint density at radius 2 is 1.69 bits per heavy atom. The van der Waals surface area contributed by atoms with Gasteiger partial charge in [0.1, 0.15) is 11.3 Å². The minimum Gasteiger partial charge on any atom is -0.493 e. The summed E-state index contributed by atoms with van der Waals surface area (Å²) in [5.41, 5.74) is 0.215. The Morgan fingerprint density at radius 1 is 0.896 bits per heavy atom. The first-order valence-electron chi connectivity index (χ1n) is 17.5. The average molecular weight is 667 g/mol. The molecule has 4 heterocycles. The predicted octanol–water partition coefficient (Wildman–Crippen LogP) is 6.84. The van der Waals surface area contributed by atoms with Crippen molar-refractivity contribution in [2.75, 3.05) is 38.1 Å². The number of anilines is 1. The number of nitrogens with zero attached hydrogens (tertiary/aromatic N) is 2. The van der Waals surface area contributed by atoms with Gasteiger partial charge in [-0.15, -0.1) is 10.2 Å². The number of benzene rings is 2. The van der Waals surface area contributed by atoms with Crippen molar-refractivity contribution in [3.8, 4) is 5.75 Å². The number of ether oxygens (including phenoxy) is 1. The van der Waals surface area contributed by atoms with Crippen molar-refractivity contribution in [1.82, 2.24) is 26.1 Å². The molecule has 7 rings (SSSR count). The first kappa shape index (κ1) is 32.9. The van der Waals surface area contributed by atoms with Gasteiger partial charge in [0, 0.05) is 35.7 Å². The molecule has 9 nitrogen and oxygen atoms in total. The Hall–Kier alpha value is -3.64. The minimum atomic E-state index is -4.49. The second-order valence-corrected chi connectivity index (χ2v) is 14.0. The van der Waals surface area contributed by atoms with E-state index in [1.165, 1.54) is 51.0 Å². The fraction of sp³-hybridized carbons (Fsp3) is 0.583. The van der Waals surface area contributed by atoms with Crippen LogP contribution in [-0.4, -0.2) is 48.9 Å². The lowest BCUT2D eigenvalue weighted by molar-refractivity contribution is -0.137. The first-order valence-corrected chi connectivity index (χ1v) is 17.5. The Bertz CT molecular complexity index is 1580. The molecule has 1 spiro atoms. The number of aromatic nitrogens is 2. The Balaban J connectivity index is 1.11. The van der Waals surface area contributed by atoms with Crippen LogP contribution in [0.1, 0.15) is 116 Å². The maximum Gasteiger partial charge on any atom is 0.416 e. The van der Waals surface area contributed by atoms with Crippen molar-refractivity contribution in [2.24, 2.45) is 5.41 Å². The summed E-state index contributed by atoms with van der Waals surface area (Å²) in [5.74, 6) is 1.53. The molecule has 4 N–H and O–H groups in total. The highest BCUT2D eigenvalue weighted by atomic mass is 19.4. The highest BCUT2D eigenvalue weighted by Gasteiger charge is 2.46. The number of hydrogen-bond donors (Lipinski definition) is 4. The van der Waals surface area contributed by atoms with Gasteiger partial charge in [-0.3, -0.25) is 4.79 Å². The molecule has 12 heteroatoms. The molecular weight excluding hydrogens is 621 g/mol. The maximum atomic E-state index is 13.5. The van der Waals surface area contributed by atoms with E-state index in [9.17, 15) is 18.0 Å². The van der Waals surface area contributed by atoms with Gasteiger partial charge in [0.05, 0.1) is 18.2 Å². The van der Waals surface area contributed by atoms with Crippen molar-refractivity contribution in [3.63, 3.8) is 0 Å². The molecule has 0 radical (unpaired) electrons. The van der Waals surface area contributed by atoms with E-state index in [0.717, 1.165) is 69.2 Å². The molecule has 3 aromatic rings. The zero-order valence-corrected chi connectivity index (χ0v) is 27.3. The van der Waals surface area contributed by atoms with Gasteiger partial charge in [0.25, 0.3) is 5.91 Å². The third kappa shape index (κ3) is 6.78. The smallest absolute Gasteiger partial charge is 0.416 e. The fourth-order valence-corrected chi connectivity index (χ4v) is 8.32.